The highest BCUT2D eigenvalue weighted by atomic mass is 35.5. The highest BCUT2D eigenvalue weighted by molar-refractivity contribution is 6.30. The van der Waals surface area contributed by atoms with Crippen molar-refractivity contribution in [3.8, 4) is 0 Å². The van der Waals surface area contributed by atoms with Crippen LogP contribution in [0.15, 0.2) is 42.6 Å². The summed E-state index contributed by atoms with van der Waals surface area (Å²) >= 11 is 11.5. The van der Waals surface area contributed by atoms with Crippen molar-refractivity contribution in [1.82, 2.24) is 10.3 Å². The topological polar surface area (TPSA) is 45.1 Å². The fourth-order valence-electron chi connectivity index (χ4n) is 1.67. The number of aliphatic hydroxyl groups excluding tert-OH is 1. The number of benzene rings is 1. The minimum Gasteiger partial charge on any atom is -0.387 e. The Morgan fingerprint density at radius 1 is 1.11 bits per heavy atom. The van der Waals surface area contributed by atoms with Crippen LogP contribution in [-0.2, 0) is 6.54 Å². The van der Waals surface area contributed by atoms with Crippen LogP contribution in [0.2, 0.25) is 10.2 Å². The van der Waals surface area contributed by atoms with Crippen molar-refractivity contribution >= 4 is 23.2 Å². The molecule has 5 heteroatoms. The Hall–Kier alpha value is -1.13. The normalized spacial score (nSPS) is 12.4. The Morgan fingerprint density at radius 3 is 2.47 bits per heavy atom. The summed E-state index contributed by atoms with van der Waals surface area (Å²) < 4.78 is 0. The molecule has 2 rings (SSSR count). The molecule has 1 aromatic carbocycles. The number of rotatable bonds is 5. The molecule has 0 aliphatic rings. The van der Waals surface area contributed by atoms with Crippen LogP contribution in [0.4, 0.5) is 0 Å². The van der Waals surface area contributed by atoms with E-state index in [4.69, 9.17) is 23.2 Å². The molecule has 0 saturated heterocycles. The van der Waals surface area contributed by atoms with E-state index in [1.54, 1.807) is 24.4 Å². The summed E-state index contributed by atoms with van der Waals surface area (Å²) in [6.45, 7) is 1.10. The number of nitrogens with one attached hydrogen (secondary N) is 1. The van der Waals surface area contributed by atoms with E-state index < -0.39 is 6.10 Å². The van der Waals surface area contributed by atoms with Crippen molar-refractivity contribution in [2.75, 3.05) is 6.54 Å². The first-order valence-corrected chi connectivity index (χ1v) is 6.65. The summed E-state index contributed by atoms with van der Waals surface area (Å²) in [7, 11) is 0. The largest absolute Gasteiger partial charge is 0.387 e. The third-order valence-corrected chi connectivity index (χ3v) is 3.19. The molecular weight excluding hydrogens is 283 g/mol. The second kappa shape index (κ2) is 6.87. The molecule has 1 aromatic heterocycles. The Kier molecular flexibility index (Phi) is 5.16. The maximum absolute atomic E-state index is 9.99. The van der Waals surface area contributed by atoms with Gasteiger partial charge in [0.05, 0.1) is 6.10 Å². The zero-order chi connectivity index (χ0) is 13.7. The number of aromatic nitrogens is 1. The van der Waals surface area contributed by atoms with Gasteiger partial charge < -0.3 is 10.4 Å². The summed E-state index contributed by atoms with van der Waals surface area (Å²) in [5.41, 5.74) is 1.86. The SMILES string of the molecule is OC(CNCc1ccc(Cl)nc1)c1ccc(Cl)cc1. The van der Waals surface area contributed by atoms with Gasteiger partial charge in [0.15, 0.2) is 0 Å². The molecule has 0 fully saturated rings. The van der Waals surface area contributed by atoms with Gasteiger partial charge in [-0.25, -0.2) is 4.98 Å². The van der Waals surface area contributed by atoms with Crippen molar-refractivity contribution in [2.24, 2.45) is 0 Å². The van der Waals surface area contributed by atoms with E-state index in [1.807, 2.05) is 18.2 Å². The van der Waals surface area contributed by atoms with Crippen LogP contribution in [0.5, 0.6) is 0 Å². The van der Waals surface area contributed by atoms with Gasteiger partial charge >= 0.3 is 0 Å². The molecule has 0 saturated carbocycles. The van der Waals surface area contributed by atoms with E-state index in [-0.39, 0.29) is 0 Å². The molecule has 3 nitrogen and oxygen atoms in total. The summed E-state index contributed by atoms with van der Waals surface area (Å²) in [5, 5.41) is 14.3. The van der Waals surface area contributed by atoms with Gasteiger partial charge in [0.1, 0.15) is 5.15 Å². The Morgan fingerprint density at radius 2 is 1.84 bits per heavy atom. The predicted molar refractivity (Wildman–Crippen MR) is 77.4 cm³/mol. The summed E-state index contributed by atoms with van der Waals surface area (Å²) in [6, 6.07) is 10.8. The summed E-state index contributed by atoms with van der Waals surface area (Å²) in [5.74, 6) is 0. The minimum absolute atomic E-state index is 0.463. The molecule has 1 atom stereocenters. The molecular formula is C14H14Cl2N2O. The zero-order valence-electron chi connectivity index (χ0n) is 10.2. The van der Waals surface area contributed by atoms with Crippen LogP contribution in [0.3, 0.4) is 0 Å². The van der Waals surface area contributed by atoms with E-state index in [0.29, 0.717) is 23.3 Å². The summed E-state index contributed by atoms with van der Waals surface area (Å²) in [4.78, 5) is 3.99. The van der Waals surface area contributed by atoms with Crippen LogP contribution in [0.25, 0.3) is 0 Å². The molecule has 2 aromatic rings. The van der Waals surface area contributed by atoms with Crippen LogP contribution in [0.1, 0.15) is 17.2 Å². The lowest BCUT2D eigenvalue weighted by Gasteiger charge is -2.12. The third kappa shape index (κ3) is 4.48. The van der Waals surface area contributed by atoms with Gasteiger partial charge in [-0.2, -0.15) is 0 Å². The zero-order valence-corrected chi connectivity index (χ0v) is 11.7. The van der Waals surface area contributed by atoms with Crippen molar-refractivity contribution in [3.05, 3.63) is 63.9 Å². The van der Waals surface area contributed by atoms with Crippen LogP contribution in [0, 0.1) is 0 Å². The van der Waals surface area contributed by atoms with Crippen molar-refractivity contribution in [1.29, 1.82) is 0 Å². The molecule has 100 valence electrons. The Labute approximate surface area is 122 Å². The van der Waals surface area contributed by atoms with Gasteiger partial charge in [0.2, 0.25) is 0 Å². The fraction of sp³-hybridized carbons (Fsp3) is 0.214. The molecule has 19 heavy (non-hydrogen) atoms. The first-order valence-electron chi connectivity index (χ1n) is 5.90. The summed E-state index contributed by atoms with van der Waals surface area (Å²) in [6.07, 6.45) is 1.15. The monoisotopic (exact) mass is 296 g/mol. The van der Waals surface area contributed by atoms with E-state index in [2.05, 4.69) is 10.3 Å². The van der Waals surface area contributed by atoms with Gasteiger partial charge in [-0.1, -0.05) is 41.4 Å². The van der Waals surface area contributed by atoms with Crippen LogP contribution >= 0.6 is 23.2 Å². The van der Waals surface area contributed by atoms with Crippen LogP contribution < -0.4 is 5.32 Å². The average Bonchev–Trinajstić information content (AvgIpc) is 2.41. The van der Waals surface area contributed by atoms with Gasteiger partial charge in [-0.05, 0) is 29.3 Å². The van der Waals surface area contributed by atoms with Crippen LogP contribution in [-0.4, -0.2) is 16.6 Å². The van der Waals surface area contributed by atoms with Crippen molar-refractivity contribution < 1.29 is 5.11 Å². The third-order valence-electron chi connectivity index (χ3n) is 2.71. The lowest BCUT2D eigenvalue weighted by Crippen LogP contribution is -2.21. The van der Waals surface area contributed by atoms with E-state index in [9.17, 15) is 5.11 Å². The Balaban J connectivity index is 1.82. The number of hydrogen-bond donors (Lipinski definition) is 2. The van der Waals surface area contributed by atoms with Gasteiger partial charge in [-0.3, -0.25) is 0 Å². The molecule has 0 aliphatic carbocycles. The number of nitrogens with zero attached hydrogens (tertiary/aromatic N) is 1. The number of halogens is 2. The van der Waals surface area contributed by atoms with Gasteiger partial charge in [-0.15, -0.1) is 0 Å². The predicted octanol–water partition coefficient (Wildman–Crippen LogP) is 3.21. The smallest absolute Gasteiger partial charge is 0.129 e. The lowest BCUT2D eigenvalue weighted by atomic mass is 10.1. The molecule has 2 N–H and O–H groups in total. The van der Waals surface area contributed by atoms with Gasteiger partial charge in [0, 0.05) is 24.3 Å². The second-order valence-electron chi connectivity index (χ2n) is 4.19. The quantitative estimate of drug-likeness (QED) is 0.833. The maximum Gasteiger partial charge on any atom is 0.129 e. The standard InChI is InChI=1S/C14H14Cl2N2O/c15-12-4-2-11(3-5-12)13(19)9-17-7-10-1-6-14(16)18-8-10/h1-6,8,13,17,19H,7,9H2. The molecule has 0 amide bonds. The van der Waals surface area contributed by atoms with Gasteiger partial charge in [0.25, 0.3) is 0 Å². The maximum atomic E-state index is 9.99. The highest BCUT2D eigenvalue weighted by Gasteiger charge is 2.06. The van der Waals surface area contributed by atoms with E-state index >= 15 is 0 Å². The first kappa shape index (κ1) is 14.3. The molecule has 1 unspecified atom stereocenters. The number of aliphatic hydroxyl groups is 1. The Bertz CT molecular complexity index is 514. The van der Waals surface area contributed by atoms with Crippen molar-refractivity contribution in [2.45, 2.75) is 12.6 Å². The molecule has 0 spiro atoms. The number of hydrogen-bond acceptors (Lipinski definition) is 3. The van der Waals surface area contributed by atoms with Crippen molar-refractivity contribution in [3.63, 3.8) is 0 Å². The highest BCUT2D eigenvalue weighted by Crippen LogP contribution is 2.15. The minimum atomic E-state index is -0.558. The van der Waals surface area contributed by atoms with E-state index in [1.165, 1.54) is 0 Å². The van der Waals surface area contributed by atoms with E-state index in [0.717, 1.165) is 11.1 Å². The average molecular weight is 297 g/mol. The second-order valence-corrected chi connectivity index (χ2v) is 5.01. The molecule has 0 radical (unpaired) electrons. The lowest BCUT2D eigenvalue weighted by molar-refractivity contribution is 0.174. The first-order chi connectivity index (χ1) is 9.15. The molecule has 0 aliphatic heterocycles. The fourth-order valence-corrected chi connectivity index (χ4v) is 1.90. The molecule has 0 bridgehead atoms. The number of pyridine rings is 1. The molecule has 1 heterocycles.